The van der Waals surface area contributed by atoms with E-state index in [4.69, 9.17) is 29.6 Å². The van der Waals surface area contributed by atoms with Gasteiger partial charge in [-0.25, -0.2) is 0 Å². The van der Waals surface area contributed by atoms with E-state index in [2.05, 4.69) is 12.2 Å². The molecule has 0 saturated carbocycles. The van der Waals surface area contributed by atoms with Crippen LogP contribution in [0.3, 0.4) is 0 Å². The van der Waals surface area contributed by atoms with Crippen LogP contribution in [0.2, 0.25) is 5.02 Å². The molecule has 1 unspecified atom stereocenters. The molecule has 0 aliphatic rings. The van der Waals surface area contributed by atoms with Crippen LogP contribution in [0.5, 0.6) is 0 Å². The number of benzene rings is 2. The van der Waals surface area contributed by atoms with Crippen LogP contribution in [-0.4, -0.2) is 4.99 Å². The summed E-state index contributed by atoms with van der Waals surface area (Å²) in [6.45, 7) is 2.07. The largest absolute Gasteiger partial charge is 0.389 e. The van der Waals surface area contributed by atoms with Crippen LogP contribution >= 0.6 is 23.8 Å². The molecule has 0 aliphatic carbocycles. The molecule has 0 saturated heterocycles. The van der Waals surface area contributed by atoms with Crippen molar-refractivity contribution in [3.8, 4) is 0 Å². The molecule has 2 rings (SSSR count). The monoisotopic (exact) mass is 290 g/mol. The summed E-state index contributed by atoms with van der Waals surface area (Å²) in [5.74, 6) is 0. The summed E-state index contributed by atoms with van der Waals surface area (Å²) in [5.41, 5.74) is 8.63. The smallest absolute Gasteiger partial charge is 0.106 e. The Bertz CT molecular complexity index is 598. The second-order valence-corrected chi connectivity index (χ2v) is 5.21. The van der Waals surface area contributed by atoms with Gasteiger partial charge in [-0.1, -0.05) is 48.1 Å². The highest BCUT2D eigenvalue weighted by atomic mass is 35.5. The van der Waals surface area contributed by atoms with E-state index in [1.54, 1.807) is 0 Å². The quantitative estimate of drug-likeness (QED) is 0.831. The van der Waals surface area contributed by atoms with Crippen molar-refractivity contribution in [3.63, 3.8) is 0 Å². The summed E-state index contributed by atoms with van der Waals surface area (Å²) >= 11 is 11.1. The van der Waals surface area contributed by atoms with Crippen molar-refractivity contribution < 1.29 is 0 Å². The first-order valence-corrected chi connectivity index (χ1v) is 6.77. The second-order valence-electron chi connectivity index (χ2n) is 4.33. The maximum absolute atomic E-state index is 6.01. The fourth-order valence-corrected chi connectivity index (χ4v) is 2.29. The SMILES string of the molecule is CC(Nc1ccccc1C(N)=S)c1cccc(Cl)c1. The number of anilines is 1. The van der Waals surface area contributed by atoms with Gasteiger partial charge >= 0.3 is 0 Å². The summed E-state index contributed by atoms with van der Waals surface area (Å²) in [6.07, 6.45) is 0. The Kier molecular flexibility index (Phi) is 4.40. The van der Waals surface area contributed by atoms with Crippen LogP contribution in [0.1, 0.15) is 24.1 Å². The molecule has 2 nitrogen and oxygen atoms in total. The van der Waals surface area contributed by atoms with Gasteiger partial charge in [-0.3, -0.25) is 0 Å². The van der Waals surface area contributed by atoms with Crippen molar-refractivity contribution in [3.05, 3.63) is 64.7 Å². The molecule has 2 aromatic carbocycles. The lowest BCUT2D eigenvalue weighted by Crippen LogP contribution is -2.15. The fraction of sp³-hybridized carbons (Fsp3) is 0.133. The van der Waals surface area contributed by atoms with E-state index in [1.165, 1.54) is 0 Å². The average molecular weight is 291 g/mol. The van der Waals surface area contributed by atoms with Crippen molar-refractivity contribution in [2.24, 2.45) is 5.73 Å². The third kappa shape index (κ3) is 3.46. The third-order valence-corrected chi connectivity index (χ3v) is 3.37. The van der Waals surface area contributed by atoms with Gasteiger partial charge < -0.3 is 11.1 Å². The number of nitrogens with one attached hydrogen (secondary N) is 1. The molecule has 3 N–H and O–H groups in total. The number of halogens is 1. The van der Waals surface area contributed by atoms with Gasteiger partial charge in [0.05, 0.1) is 0 Å². The first kappa shape index (κ1) is 13.8. The van der Waals surface area contributed by atoms with Gasteiger partial charge in [-0.05, 0) is 36.8 Å². The minimum Gasteiger partial charge on any atom is -0.389 e. The second kappa shape index (κ2) is 6.04. The van der Waals surface area contributed by atoms with E-state index < -0.39 is 0 Å². The molecule has 0 bridgehead atoms. The van der Waals surface area contributed by atoms with Crippen molar-refractivity contribution in [1.82, 2.24) is 0 Å². The predicted molar refractivity (Wildman–Crippen MR) is 85.8 cm³/mol. The van der Waals surface area contributed by atoms with Crippen LogP contribution in [0.15, 0.2) is 48.5 Å². The predicted octanol–water partition coefficient (Wildman–Crippen LogP) is 4.15. The molecule has 1 atom stereocenters. The molecule has 0 spiro atoms. The number of thiocarbonyl (C=S) groups is 1. The first-order valence-electron chi connectivity index (χ1n) is 5.99. The van der Waals surface area contributed by atoms with Crippen molar-refractivity contribution in [2.45, 2.75) is 13.0 Å². The Labute approximate surface area is 123 Å². The maximum Gasteiger partial charge on any atom is 0.106 e. The third-order valence-electron chi connectivity index (χ3n) is 2.91. The van der Waals surface area contributed by atoms with E-state index in [-0.39, 0.29) is 6.04 Å². The fourth-order valence-electron chi connectivity index (χ4n) is 1.92. The van der Waals surface area contributed by atoms with Gasteiger partial charge in [0.2, 0.25) is 0 Å². The lowest BCUT2D eigenvalue weighted by atomic mass is 10.1. The van der Waals surface area contributed by atoms with Crippen LogP contribution in [0, 0.1) is 0 Å². The van der Waals surface area contributed by atoms with Gasteiger partial charge in [-0.2, -0.15) is 0 Å². The molecule has 0 amide bonds. The van der Waals surface area contributed by atoms with Gasteiger partial charge in [0.25, 0.3) is 0 Å². The maximum atomic E-state index is 6.01. The molecule has 19 heavy (non-hydrogen) atoms. The summed E-state index contributed by atoms with van der Waals surface area (Å²) in [5, 5.41) is 4.14. The molecule has 0 aliphatic heterocycles. The topological polar surface area (TPSA) is 38.0 Å². The summed E-state index contributed by atoms with van der Waals surface area (Å²) in [6, 6.07) is 15.7. The summed E-state index contributed by atoms with van der Waals surface area (Å²) < 4.78 is 0. The lowest BCUT2D eigenvalue weighted by Gasteiger charge is -2.18. The lowest BCUT2D eigenvalue weighted by molar-refractivity contribution is 0.884. The zero-order valence-electron chi connectivity index (χ0n) is 10.6. The highest BCUT2D eigenvalue weighted by Crippen LogP contribution is 2.24. The molecule has 98 valence electrons. The van der Waals surface area contributed by atoms with Gasteiger partial charge in [0, 0.05) is 22.3 Å². The molecular weight excluding hydrogens is 276 g/mol. The highest BCUT2D eigenvalue weighted by Gasteiger charge is 2.09. The number of para-hydroxylation sites is 1. The highest BCUT2D eigenvalue weighted by molar-refractivity contribution is 7.80. The number of hydrogen-bond acceptors (Lipinski definition) is 2. The average Bonchev–Trinajstić information content (AvgIpc) is 2.39. The van der Waals surface area contributed by atoms with E-state index in [0.29, 0.717) is 4.99 Å². The number of hydrogen-bond donors (Lipinski definition) is 2. The van der Waals surface area contributed by atoms with E-state index >= 15 is 0 Å². The summed E-state index contributed by atoms with van der Waals surface area (Å²) in [4.78, 5) is 0.390. The van der Waals surface area contributed by atoms with E-state index in [0.717, 1.165) is 21.8 Å². The van der Waals surface area contributed by atoms with Crippen LogP contribution in [0.25, 0.3) is 0 Å². The molecule has 0 aromatic heterocycles. The zero-order valence-corrected chi connectivity index (χ0v) is 12.1. The Morgan fingerprint density at radius 1 is 1.21 bits per heavy atom. The van der Waals surface area contributed by atoms with E-state index in [9.17, 15) is 0 Å². The number of nitrogens with two attached hydrogens (primary N) is 1. The minimum atomic E-state index is 0.120. The number of rotatable bonds is 4. The van der Waals surface area contributed by atoms with E-state index in [1.807, 2.05) is 48.5 Å². The van der Waals surface area contributed by atoms with Gasteiger partial charge in [0.15, 0.2) is 0 Å². The Morgan fingerprint density at radius 3 is 2.63 bits per heavy atom. The van der Waals surface area contributed by atoms with Crippen molar-refractivity contribution >= 4 is 34.5 Å². The Morgan fingerprint density at radius 2 is 1.95 bits per heavy atom. The minimum absolute atomic E-state index is 0.120. The zero-order chi connectivity index (χ0) is 13.8. The Hall–Kier alpha value is -1.58. The molecule has 2 aromatic rings. The van der Waals surface area contributed by atoms with Gasteiger partial charge in [0.1, 0.15) is 4.99 Å². The summed E-state index contributed by atoms with van der Waals surface area (Å²) in [7, 11) is 0. The van der Waals surface area contributed by atoms with Crippen molar-refractivity contribution in [1.29, 1.82) is 0 Å². The standard InChI is InChI=1S/C15H15ClN2S/c1-10(11-5-4-6-12(16)9-11)18-14-8-3-2-7-13(14)15(17)19/h2-10,18H,1H3,(H2,17,19). The molecule has 0 radical (unpaired) electrons. The molecular formula is C15H15ClN2S. The molecule has 0 fully saturated rings. The molecule has 0 heterocycles. The van der Waals surface area contributed by atoms with Crippen molar-refractivity contribution in [2.75, 3.05) is 5.32 Å². The Balaban J connectivity index is 2.24. The van der Waals surface area contributed by atoms with Gasteiger partial charge in [-0.15, -0.1) is 0 Å². The van der Waals surface area contributed by atoms with Crippen LogP contribution in [0.4, 0.5) is 5.69 Å². The van der Waals surface area contributed by atoms with Crippen LogP contribution < -0.4 is 11.1 Å². The van der Waals surface area contributed by atoms with Crippen LogP contribution in [-0.2, 0) is 0 Å². The first-order chi connectivity index (χ1) is 9.08. The normalized spacial score (nSPS) is 11.9. The molecule has 4 heteroatoms.